The minimum atomic E-state index is 0.466. The van der Waals surface area contributed by atoms with Gasteiger partial charge in [-0.25, -0.2) is 19.8 Å². The smallest absolute Gasteiger partial charge is 0.197 e. The standard InChI is InChI=1S/C66H38N8/c1-69-56-27-16-30-62(74-58-29-15-13-26-52(58)54-38-45(32-35-60(54)74)50-24-11-9-22-48(50)41-68)63(56)55-39-46(66-71-64(42-17-4-2-5-18-42)70-65(72-66)43-19-6-3-7-20-43)33-36-61(55)73-57-28-14-12-25-51(57)53-37-44(31-34-59(53)73)49-23-10-8-21-47(49)40-67/h2-39H. The van der Waals surface area contributed by atoms with Gasteiger partial charge in [-0.05, 0) is 101 Å². The summed E-state index contributed by atoms with van der Waals surface area (Å²) in [6.45, 7) is 8.88. The van der Waals surface area contributed by atoms with E-state index in [4.69, 9.17) is 21.5 Å². The van der Waals surface area contributed by atoms with Crippen LogP contribution in [0.25, 0.3) is 127 Å². The van der Waals surface area contributed by atoms with Crippen LogP contribution in [0.3, 0.4) is 0 Å². The number of aromatic nitrogens is 5. The quantitative estimate of drug-likeness (QED) is 0.141. The minimum Gasteiger partial charge on any atom is -0.310 e. The van der Waals surface area contributed by atoms with E-state index < -0.39 is 0 Å². The van der Waals surface area contributed by atoms with Crippen LogP contribution in [0.15, 0.2) is 231 Å². The molecule has 0 radical (unpaired) electrons. The van der Waals surface area contributed by atoms with Crippen molar-refractivity contribution < 1.29 is 0 Å². The first-order valence-electron chi connectivity index (χ1n) is 24.2. The molecule has 0 aliphatic carbocycles. The van der Waals surface area contributed by atoms with Gasteiger partial charge in [-0.1, -0.05) is 158 Å². The fraction of sp³-hybridized carbons (Fsp3) is 0. The summed E-state index contributed by atoms with van der Waals surface area (Å²) >= 11 is 0. The zero-order valence-electron chi connectivity index (χ0n) is 39.5. The Morgan fingerprint density at radius 3 is 1.32 bits per heavy atom. The highest BCUT2D eigenvalue weighted by atomic mass is 15.0. The average Bonchev–Trinajstić information content (AvgIpc) is 3.99. The molecule has 0 bridgehead atoms. The zero-order valence-corrected chi connectivity index (χ0v) is 39.5. The summed E-state index contributed by atoms with van der Waals surface area (Å²) in [6.07, 6.45) is 0. The van der Waals surface area contributed by atoms with Crippen molar-refractivity contribution in [1.82, 2.24) is 24.1 Å². The van der Waals surface area contributed by atoms with E-state index in [2.05, 4.69) is 129 Å². The van der Waals surface area contributed by atoms with E-state index in [0.29, 0.717) is 34.3 Å². The molecule has 0 aliphatic heterocycles. The van der Waals surface area contributed by atoms with Crippen molar-refractivity contribution >= 4 is 49.3 Å². The highest BCUT2D eigenvalue weighted by Crippen LogP contribution is 2.47. The van der Waals surface area contributed by atoms with Gasteiger partial charge in [0.05, 0.1) is 57.6 Å². The Labute approximate surface area is 426 Å². The van der Waals surface area contributed by atoms with Gasteiger partial charge in [0.1, 0.15) is 0 Å². The van der Waals surface area contributed by atoms with Gasteiger partial charge in [0.15, 0.2) is 23.2 Å². The molecule has 342 valence electrons. The summed E-state index contributed by atoms with van der Waals surface area (Å²) in [7, 11) is 0. The Hall–Kier alpha value is -10.7. The number of benzene rings is 10. The van der Waals surface area contributed by atoms with Crippen LogP contribution in [-0.2, 0) is 0 Å². The van der Waals surface area contributed by atoms with E-state index in [-0.39, 0.29) is 0 Å². The molecule has 0 atom stereocenters. The minimum absolute atomic E-state index is 0.466. The first kappa shape index (κ1) is 43.3. The first-order chi connectivity index (χ1) is 36.6. The van der Waals surface area contributed by atoms with E-state index in [9.17, 15) is 10.5 Å². The van der Waals surface area contributed by atoms with Crippen molar-refractivity contribution in [2.75, 3.05) is 0 Å². The van der Waals surface area contributed by atoms with Gasteiger partial charge in [0.25, 0.3) is 0 Å². The highest BCUT2D eigenvalue weighted by Gasteiger charge is 2.25. The number of fused-ring (bicyclic) bond motifs is 6. The molecule has 8 nitrogen and oxygen atoms in total. The molecule has 0 saturated carbocycles. The van der Waals surface area contributed by atoms with E-state index in [1.54, 1.807) is 0 Å². The molecular formula is C66H38N8. The Kier molecular flexibility index (Phi) is 10.5. The molecule has 0 amide bonds. The van der Waals surface area contributed by atoms with Gasteiger partial charge in [-0.2, -0.15) is 10.5 Å². The number of hydrogen-bond acceptors (Lipinski definition) is 5. The third-order valence-electron chi connectivity index (χ3n) is 13.9. The maximum absolute atomic E-state index is 10.1. The van der Waals surface area contributed by atoms with Crippen LogP contribution in [0.5, 0.6) is 0 Å². The largest absolute Gasteiger partial charge is 0.310 e. The average molecular weight is 943 g/mol. The van der Waals surface area contributed by atoms with Gasteiger partial charge in [-0.3, -0.25) is 0 Å². The van der Waals surface area contributed by atoms with Crippen LogP contribution in [-0.4, -0.2) is 24.1 Å². The van der Waals surface area contributed by atoms with Gasteiger partial charge >= 0.3 is 0 Å². The molecule has 0 spiro atoms. The predicted molar refractivity (Wildman–Crippen MR) is 297 cm³/mol. The first-order valence-corrected chi connectivity index (χ1v) is 24.2. The fourth-order valence-corrected chi connectivity index (χ4v) is 10.6. The molecule has 0 fully saturated rings. The van der Waals surface area contributed by atoms with Gasteiger partial charge in [0, 0.05) is 49.5 Å². The number of rotatable bonds is 8. The molecule has 13 rings (SSSR count). The Morgan fingerprint density at radius 1 is 0.351 bits per heavy atom. The Morgan fingerprint density at radius 2 is 0.797 bits per heavy atom. The van der Waals surface area contributed by atoms with Crippen LogP contribution in [0.4, 0.5) is 5.69 Å². The van der Waals surface area contributed by atoms with Crippen molar-refractivity contribution in [1.29, 1.82) is 10.5 Å². The molecule has 13 aromatic rings. The summed E-state index contributed by atoms with van der Waals surface area (Å²) in [5.74, 6) is 1.57. The van der Waals surface area contributed by atoms with E-state index in [0.717, 1.165) is 105 Å². The lowest BCUT2D eigenvalue weighted by molar-refractivity contribution is 1.07. The van der Waals surface area contributed by atoms with Gasteiger partial charge in [-0.15, -0.1) is 0 Å². The summed E-state index contributed by atoms with van der Waals surface area (Å²) in [5, 5.41) is 24.4. The van der Waals surface area contributed by atoms with E-state index >= 15 is 0 Å². The lowest BCUT2D eigenvalue weighted by Gasteiger charge is -2.21. The molecule has 0 N–H and O–H groups in total. The molecule has 0 saturated heterocycles. The predicted octanol–water partition coefficient (Wildman–Crippen LogP) is 16.4. The highest BCUT2D eigenvalue weighted by molar-refractivity contribution is 6.13. The third kappa shape index (κ3) is 7.17. The van der Waals surface area contributed by atoms with Crippen molar-refractivity contribution in [3.8, 4) is 91.1 Å². The second-order valence-electron chi connectivity index (χ2n) is 18.0. The van der Waals surface area contributed by atoms with Crippen LogP contribution in [0.2, 0.25) is 0 Å². The number of nitriles is 2. The monoisotopic (exact) mass is 942 g/mol. The second-order valence-corrected chi connectivity index (χ2v) is 18.0. The van der Waals surface area contributed by atoms with Crippen LogP contribution < -0.4 is 0 Å². The van der Waals surface area contributed by atoms with E-state index in [1.807, 2.05) is 127 Å². The number of para-hydroxylation sites is 2. The third-order valence-corrected chi connectivity index (χ3v) is 13.9. The van der Waals surface area contributed by atoms with Gasteiger partial charge in [0.2, 0.25) is 0 Å². The Bertz CT molecular complexity index is 4470. The van der Waals surface area contributed by atoms with Crippen molar-refractivity contribution in [2.24, 2.45) is 0 Å². The molecule has 10 aromatic carbocycles. The van der Waals surface area contributed by atoms with Crippen molar-refractivity contribution in [2.45, 2.75) is 0 Å². The van der Waals surface area contributed by atoms with Crippen molar-refractivity contribution in [3.05, 3.63) is 253 Å². The summed E-state index contributed by atoms with van der Waals surface area (Å²) in [4.78, 5) is 19.7. The lowest BCUT2D eigenvalue weighted by Crippen LogP contribution is -2.04. The molecule has 0 aliphatic rings. The van der Waals surface area contributed by atoms with Crippen LogP contribution in [0.1, 0.15) is 11.1 Å². The van der Waals surface area contributed by atoms with Gasteiger partial charge < -0.3 is 9.13 Å². The number of hydrogen-bond donors (Lipinski definition) is 0. The van der Waals surface area contributed by atoms with Crippen LogP contribution >= 0.6 is 0 Å². The molecular weight excluding hydrogens is 905 g/mol. The number of nitrogens with zero attached hydrogens (tertiary/aromatic N) is 8. The molecule has 3 heterocycles. The summed E-state index contributed by atoms with van der Waals surface area (Å²) in [5.41, 5.74) is 14.8. The maximum atomic E-state index is 10.1. The normalized spacial score (nSPS) is 11.2. The summed E-state index contributed by atoms with van der Waals surface area (Å²) < 4.78 is 4.55. The SMILES string of the molecule is [C-]#[N+]c1cccc(-n2c3ccccc3c3cc(-c4ccccc4C#N)ccc32)c1-c1cc(-c2nc(-c3ccccc3)nc(-c3ccccc3)n2)ccc1-n1c2ccccc2c2cc(-c3ccccc3C#N)ccc21. The molecule has 8 heteroatoms. The maximum Gasteiger partial charge on any atom is 0.197 e. The van der Waals surface area contributed by atoms with Crippen molar-refractivity contribution in [3.63, 3.8) is 0 Å². The molecule has 74 heavy (non-hydrogen) atoms. The van der Waals surface area contributed by atoms with E-state index in [1.165, 1.54) is 0 Å². The summed E-state index contributed by atoms with van der Waals surface area (Å²) in [6, 6.07) is 81.8. The zero-order chi connectivity index (χ0) is 49.7. The Balaban J connectivity index is 1.12. The molecule has 3 aromatic heterocycles. The topological polar surface area (TPSA) is 100 Å². The molecule has 0 unspecified atom stereocenters. The lowest BCUT2D eigenvalue weighted by atomic mass is 9.96. The fourth-order valence-electron chi connectivity index (χ4n) is 10.6. The second kappa shape index (κ2) is 17.9. The van der Waals surface area contributed by atoms with Crippen LogP contribution in [0, 0.1) is 29.2 Å².